The second-order valence-electron chi connectivity index (χ2n) is 12.3. The van der Waals surface area contributed by atoms with Crippen molar-refractivity contribution in [2.75, 3.05) is 0 Å². The molecule has 3 aromatic heterocycles. The number of nitrogens with zero attached hydrogens (tertiary/aromatic N) is 4. The molecule has 226 valence electrons. The van der Waals surface area contributed by atoms with Gasteiger partial charge in [-0.1, -0.05) is 91.0 Å². The van der Waals surface area contributed by atoms with E-state index >= 15 is 0 Å². The average Bonchev–Trinajstić information content (AvgIpc) is 3.82. The minimum Gasteiger partial charge on any atom is -0.456 e. The van der Waals surface area contributed by atoms with Crippen molar-refractivity contribution in [1.29, 1.82) is 10.5 Å². The average molecular weight is 625 g/mol. The number of benzene rings is 7. The molecule has 49 heavy (non-hydrogen) atoms. The molecule has 0 saturated carbocycles. The maximum absolute atomic E-state index is 10.6. The summed E-state index contributed by atoms with van der Waals surface area (Å²) in [6.45, 7) is 0. The van der Waals surface area contributed by atoms with Crippen LogP contribution in [0.15, 0.2) is 150 Å². The molecular formula is C44H24N4O. The van der Waals surface area contributed by atoms with Gasteiger partial charge in [0.1, 0.15) is 17.2 Å². The molecule has 0 N–H and O–H groups in total. The summed E-state index contributed by atoms with van der Waals surface area (Å²) in [6, 6.07) is 54.1. The Hall–Kier alpha value is -7.08. The molecule has 0 aliphatic heterocycles. The number of furan rings is 1. The van der Waals surface area contributed by atoms with Gasteiger partial charge in [0.15, 0.2) is 0 Å². The molecule has 0 atom stereocenters. The lowest BCUT2D eigenvalue weighted by molar-refractivity contribution is 0.669. The molecule has 0 saturated heterocycles. The van der Waals surface area contributed by atoms with Crippen LogP contribution in [0, 0.1) is 22.7 Å². The van der Waals surface area contributed by atoms with E-state index in [0.717, 1.165) is 88.1 Å². The fourth-order valence-electron chi connectivity index (χ4n) is 7.78. The van der Waals surface area contributed by atoms with Crippen molar-refractivity contribution in [2.24, 2.45) is 0 Å². The van der Waals surface area contributed by atoms with Gasteiger partial charge in [-0.05, 0) is 54.6 Å². The summed E-state index contributed by atoms with van der Waals surface area (Å²) in [5, 5.41) is 27.3. The summed E-state index contributed by atoms with van der Waals surface area (Å²) in [5.74, 6) is 0. The predicted octanol–water partition coefficient (Wildman–Crippen LogP) is 11.2. The fourth-order valence-corrected chi connectivity index (χ4v) is 7.78. The summed E-state index contributed by atoms with van der Waals surface area (Å²) in [7, 11) is 0. The van der Waals surface area contributed by atoms with Gasteiger partial charge in [0, 0.05) is 38.1 Å². The lowest BCUT2D eigenvalue weighted by Gasteiger charge is -2.20. The first-order valence-electron chi connectivity index (χ1n) is 16.1. The van der Waals surface area contributed by atoms with E-state index in [0.29, 0.717) is 11.1 Å². The Morgan fingerprint density at radius 3 is 1.80 bits per heavy atom. The van der Waals surface area contributed by atoms with Crippen LogP contribution in [0.3, 0.4) is 0 Å². The highest BCUT2D eigenvalue weighted by Gasteiger charge is 2.24. The standard InChI is InChI=1S/C44H24N4O/c45-25-27-20-21-32(33-15-9-10-28(26-46)43(33)47-36-16-5-1-11-29(36)30-12-2-6-17-37(30)47)39(24-27)48-38-18-7-3-13-31(38)34-22-23-41-42(44(34)48)35-14-4-8-19-40(35)49-41/h1-24H. The summed E-state index contributed by atoms with van der Waals surface area (Å²) < 4.78 is 10.9. The highest BCUT2D eigenvalue weighted by Crippen LogP contribution is 2.44. The summed E-state index contributed by atoms with van der Waals surface area (Å²) >= 11 is 0. The number of hydrogen-bond acceptors (Lipinski definition) is 3. The first-order valence-corrected chi connectivity index (χ1v) is 16.1. The van der Waals surface area contributed by atoms with Crippen LogP contribution in [0.1, 0.15) is 11.1 Å². The van der Waals surface area contributed by atoms with Crippen LogP contribution < -0.4 is 0 Å². The molecule has 0 radical (unpaired) electrons. The van der Waals surface area contributed by atoms with E-state index in [1.165, 1.54) is 0 Å². The van der Waals surface area contributed by atoms with E-state index in [9.17, 15) is 10.5 Å². The normalized spacial score (nSPS) is 11.6. The van der Waals surface area contributed by atoms with Crippen molar-refractivity contribution in [3.8, 4) is 34.6 Å². The summed E-state index contributed by atoms with van der Waals surface area (Å²) in [4.78, 5) is 0. The SMILES string of the molecule is N#Cc1ccc(-c2cccc(C#N)c2-n2c3ccccc3c3ccccc32)c(-n2c3ccccc3c3ccc4oc5ccccc5c4c32)c1. The van der Waals surface area contributed by atoms with Crippen molar-refractivity contribution in [1.82, 2.24) is 9.13 Å². The van der Waals surface area contributed by atoms with E-state index in [4.69, 9.17) is 4.42 Å². The first kappa shape index (κ1) is 27.1. The van der Waals surface area contributed by atoms with Crippen molar-refractivity contribution >= 4 is 65.6 Å². The molecule has 0 fully saturated rings. The van der Waals surface area contributed by atoms with Crippen molar-refractivity contribution < 1.29 is 4.42 Å². The van der Waals surface area contributed by atoms with Crippen molar-refractivity contribution in [2.45, 2.75) is 0 Å². The largest absolute Gasteiger partial charge is 0.456 e. The Bertz CT molecular complexity index is 3030. The van der Waals surface area contributed by atoms with Gasteiger partial charge < -0.3 is 13.6 Å². The van der Waals surface area contributed by atoms with Gasteiger partial charge in [0.25, 0.3) is 0 Å². The molecule has 0 aliphatic carbocycles. The maximum atomic E-state index is 10.6. The topological polar surface area (TPSA) is 70.6 Å². The molecule has 10 aromatic rings. The van der Waals surface area contributed by atoms with Gasteiger partial charge in [-0.25, -0.2) is 0 Å². The van der Waals surface area contributed by atoms with E-state index in [-0.39, 0.29) is 0 Å². The van der Waals surface area contributed by atoms with Crippen LogP contribution in [0.2, 0.25) is 0 Å². The zero-order valence-corrected chi connectivity index (χ0v) is 26.1. The number of para-hydroxylation sites is 5. The Balaban J connectivity index is 1.39. The minimum atomic E-state index is 0.545. The predicted molar refractivity (Wildman–Crippen MR) is 197 cm³/mol. The third-order valence-electron chi connectivity index (χ3n) is 9.79. The Morgan fingerprint density at radius 2 is 1.10 bits per heavy atom. The molecular weight excluding hydrogens is 601 g/mol. The highest BCUT2D eigenvalue weighted by atomic mass is 16.3. The maximum Gasteiger partial charge on any atom is 0.137 e. The quantitative estimate of drug-likeness (QED) is 0.196. The lowest BCUT2D eigenvalue weighted by Crippen LogP contribution is -2.04. The van der Waals surface area contributed by atoms with E-state index in [1.54, 1.807) is 0 Å². The summed E-state index contributed by atoms with van der Waals surface area (Å²) in [6.07, 6.45) is 0. The molecule has 0 bridgehead atoms. The van der Waals surface area contributed by atoms with Gasteiger partial charge in [0.05, 0.1) is 56.0 Å². The van der Waals surface area contributed by atoms with Crippen LogP contribution in [-0.4, -0.2) is 9.13 Å². The van der Waals surface area contributed by atoms with Crippen molar-refractivity contribution in [3.05, 3.63) is 157 Å². The van der Waals surface area contributed by atoms with E-state index in [2.05, 4.69) is 106 Å². The monoisotopic (exact) mass is 624 g/mol. The lowest BCUT2D eigenvalue weighted by atomic mass is 9.96. The third kappa shape index (κ3) is 3.73. The molecule has 0 spiro atoms. The third-order valence-corrected chi connectivity index (χ3v) is 9.79. The Labute approximate surface area is 280 Å². The van der Waals surface area contributed by atoms with E-state index < -0.39 is 0 Å². The van der Waals surface area contributed by atoms with Crippen LogP contribution >= 0.6 is 0 Å². The molecule has 0 aliphatic rings. The van der Waals surface area contributed by atoms with Crippen LogP contribution in [-0.2, 0) is 0 Å². The molecule has 3 heterocycles. The Morgan fingerprint density at radius 1 is 0.469 bits per heavy atom. The number of nitriles is 2. The van der Waals surface area contributed by atoms with Crippen molar-refractivity contribution in [3.63, 3.8) is 0 Å². The van der Waals surface area contributed by atoms with Crippen LogP contribution in [0.5, 0.6) is 0 Å². The van der Waals surface area contributed by atoms with Crippen LogP contribution in [0.25, 0.3) is 88.1 Å². The molecule has 0 unspecified atom stereocenters. The number of aromatic nitrogens is 2. The molecule has 0 amide bonds. The zero-order chi connectivity index (χ0) is 32.6. The molecule has 10 rings (SSSR count). The van der Waals surface area contributed by atoms with Gasteiger partial charge in [0.2, 0.25) is 0 Å². The molecule has 5 heteroatoms. The number of hydrogen-bond donors (Lipinski definition) is 0. The second kappa shape index (κ2) is 10.2. The Kier molecular flexibility index (Phi) is 5.64. The van der Waals surface area contributed by atoms with E-state index in [1.807, 2.05) is 60.7 Å². The first-order chi connectivity index (χ1) is 24.2. The van der Waals surface area contributed by atoms with Gasteiger partial charge in [-0.2, -0.15) is 10.5 Å². The fraction of sp³-hybridized carbons (Fsp3) is 0. The summed E-state index contributed by atoms with van der Waals surface area (Å²) in [5.41, 5.74) is 10.2. The van der Waals surface area contributed by atoms with Gasteiger partial charge in [-0.3, -0.25) is 0 Å². The smallest absolute Gasteiger partial charge is 0.137 e. The van der Waals surface area contributed by atoms with Gasteiger partial charge in [-0.15, -0.1) is 0 Å². The zero-order valence-electron chi connectivity index (χ0n) is 26.1. The molecule has 5 nitrogen and oxygen atoms in total. The molecule has 7 aromatic carbocycles. The second-order valence-corrected chi connectivity index (χ2v) is 12.3. The number of rotatable bonds is 3. The highest BCUT2D eigenvalue weighted by molar-refractivity contribution is 6.24. The van der Waals surface area contributed by atoms with Crippen LogP contribution in [0.4, 0.5) is 0 Å². The number of fused-ring (bicyclic) bond motifs is 10. The van der Waals surface area contributed by atoms with Gasteiger partial charge >= 0.3 is 0 Å². The minimum absolute atomic E-state index is 0.545.